The van der Waals surface area contributed by atoms with Crippen molar-refractivity contribution >= 4 is 69.1 Å². The van der Waals surface area contributed by atoms with Gasteiger partial charge in [0.25, 0.3) is 0 Å². The van der Waals surface area contributed by atoms with Crippen LogP contribution in [0.25, 0.3) is 22.7 Å². The van der Waals surface area contributed by atoms with E-state index in [-0.39, 0.29) is 0 Å². The van der Waals surface area contributed by atoms with Crippen molar-refractivity contribution in [3.8, 4) is 22.7 Å². The van der Waals surface area contributed by atoms with E-state index < -0.39 is 0 Å². The molecule has 2 aromatic carbocycles. The Morgan fingerprint density at radius 2 is 1.76 bits per heavy atom. The number of hydrogen-bond donors (Lipinski definition) is 1. The van der Waals surface area contributed by atoms with Crippen molar-refractivity contribution in [2.75, 3.05) is 5.43 Å². The van der Waals surface area contributed by atoms with E-state index in [1.165, 1.54) is 11.3 Å². The van der Waals surface area contributed by atoms with Crippen molar-refractivity contribution in [2.45, 2.75) is 0 Å². The molecule has 0 unspecified atom stereocenters. The van der Waals surface area contributed by atoms with Crippen molar-refractivity contribution in [1.82, 2.24) is 10.1 Å². The quantitative estimate of drug-likeness (QED) is 0.235. The summed E-state index contributed by atoms with van der Waals surface area (Å²) in [6.07, 6.45) is 1.54. The SMILES string of the molecule is Clc1ccc(-c2cc(-c3csc(NN=Cc4c(Cl)cccc4Cl)n3)on2)c(Cl)c1. The number of hydrogen-bond acceptors (Lipinski definition) is 6. The van der Waals surface area contributed by atoms with E-state index in [1.54, 1.807) is 48.7 Å². The number of nitrogens with one attached hydrogen (secondary N) is 1. The molecule has 1 N–H and O–H groups in total. The monoisotopic (exact) mass is 482 g/mol. The molecule has 0 bridgehead atoms. The molecule has 0 amide bonds. The molecular formula is C19H10Cl4N4OS. The van der Waals surface area contributed by atoms with E-state index in [0.717, 1.165) is 5.56 Å². The first-order valence-corrected chi connectivity index (χ1v) is 10.5. The number of aromatic nitrogens is 2. The van der Waals surface area contributed by atoms with Gasteiger partial charge in [-0.3, -0.25) is 5.43 Å². The van der Waals surface area contributed by atoms with E-state index in [2.05, 4.69) is 20.7 Å². The van der Waals surface area contributed by atoms with Crippen molar-refractivity contribution in [3.63, 3.8) is 0 Å². The fourth-order valence-corrected chi connectivity index (χ4v) is 4.09. The molecule has 29 heavy (non-hydrogen) atoms. The number of rotatable bonds is 5. The average molecular weight is 484 g/mol. The van der Waals surface area contributed by atoms with Crippen LogP contribution in [0.5, 0.6) is 0 Å². The summed E-state index contributed by atoms with van der Waals surface area (Å²) in [5, 5.41) is 12.7. The van der Waals surface area contributed by atoms with E-state index >= 15 is 0 Å². The first kappa shape index (κ1) is 20.2. The maximum atomic E-state index is 6.23. The zero-order chi connectivity index (χ0) is 20.4. The largest absolute Gasteiger partial charge is 0.354 e. The number of halogens is 4. The van der Waals surface area contributed by atoms with Gasteiger partial charge in [-0.05, 0) is 30.3 Å². The minimum Gasteiger partial charge on any atom is -0.354 e. The van der Waals surface area contributed by atoms with Crippen LogP contribution in [0.1, 0.15) is 5.56 Å². The maximum Gasteiger partial charge on any atom is 0.203 e. The zero-order valence-electron chi connectivity index (χ0n) is 14.4. The summed E-state index contributed by atoms with van der Waals surface area (Å²) in [4.78, 5) is 4.44. The topological polar surface area (TPSA) is 63.3 Å². The smallest absolute Gasteiger partial charge is 0.203 e. The van der Waals surface area contributed by atoms with Crippen LogP contribution in [0, 0.1) is 0 Å². The van der Waals surface area contributed by atoms with Gasteiger partial charge in [0.2, 0.25) is 5.13 Å². The molecule has 0 fully saturated rings. The highest BCUT2D eigenvalue weighted by Crippen LogP contribution is 2.33. The first-order chi connectivity index (χ1) is 14.0. The normalized spacial score (nSPS) is 11.3. The Morgan fingerprint density at radius 3 is 2.52 bits per heavy atom. The summed E-state index contributed by atoms with van der Waals surface area (Å²) in [5.41, 5.74) is 5.41. The molecule has 0 aliphatic heterocycles. The molecule has 0 aliphatic rings. The summed E-state index contributed by atoms with van der Waals surface area (Å²) in [6.45, 7) is 0. The Bertz CT molecular complexity index is 1180. The van der Waals surface area contributed by atoms with Gasteiger partial charge < -0.3 is 4.52 Å². The van der Waals surface area contributed by atoms with Crippen molar-refractivity contribution in [2.24, 2.45) is 5.10 Å². The lowest BCUT2D eigenvalue weighted by molar-refractivity contribution is 0.434. The molecule has 10 heteroatoms. The molecule has 5 nitrogen and oxygen atoms in total. The third-order valence-corrected chi connectivity index (χ3v) is 5.78. The lowest BCUT2D eigenvalue weighted by Gasteiger charge is -2.00. The molecule has 0 saturated heterocycles. The lowest BCUT2D eigenvalue weighted by Crippen LogP contribution is -1.91. The minimum absolute atomic E-state index is 0.491. The zero-order valence-corrected chi connectivity index (χ0v) is 18.2. The molecule has 4 rings (SSSR count). The lowest BCUT2D eigenvalue weighted by atomic mass is 10.1. The highest BCUT2D eigenvalue weighted by molar-refractivity contribution is 7.14. The van der Waals surface area contributed by atoms with Crippen LogP contribution in [-0.2, 0) is 0 Å². The Labute approximate surface area is 189 Å². The van der Waals surface area contributed by atoms with Gasteiger partial charge in [-0.15, -0.1) is 11.3 Å². The Kier molecular flexibility index (Phi) is 6.08. The molecule has 146 valence electrons. The molecule has 0 spiro atoms. The Morgan fingerprint density at radius 1 is 0.966 bits per heavy atom. The second kappa shape index (κ2) is 8.73. The van der Waals surface area contributed by atoms with Gasteiger partial charge in [0.05, 0.1) is 21.3 Å². The van der Waals surface area contributed by atoms with E-state index in [0.29, 0.717) is 47.9 Å². The first-order valence-electron chi connectivity index (χ1n) is 8.12. The third kappa shape index (κ3) is 4.57. The highest BCUT2D eigenvalue weighted by Gasteiger charge is 2.14. The van der Waals surface area contributed by atoms with Crippen LogP contribution in [0.4, 0.5) is 5.13 Å². The fraction of sp³-hybridized carbons (Fsp3) is 0. The Balaban J connectivity index is 1.50. The molecule has 0 radical (unpaired) electrons. The van der Waals surface area contributed by atoms with Crippen molar-refractivity contribution in [1.29, 1.82) is 0 Å². The van der Waals surface area contributed by atoms with Crippen LogP contribution in [0.15, 0.2) is 57.5 Å². The highest BCUT2D eigenvalue weighted by atomic mass is 35.5. The summed E-state index contributed by atoms with van der Waals surface area (Å²) >= 11 is 25.8. The maximum absolute atomic E-state index is 6.23. The Hall–Kier alpha value is -2.09. The van der Waals surface area contributed by atoms with Crippen molar-refractivity contribution < 1.29 is 4.52 Å². The molecule has 0 saturated carbocycles. The van der Waals surface area contributed by atoms with Gasteiger partial charge in [-0.2, -0.15) is 5.10 Å². The van der Waals surface area contributed by atoms with Crippen molar-refractivity contribution in [3.05, 3.63) is 73.5 Å². The second-order valence-electron chi connectivity index (χ2n) is 5.74. The molecule has 0 aliphatic carbocycles. The van der Waals surface area contributed by atoms with Gasteiger partial charge in [0.15, 0.2) is 5.76 Å². The average Bonchev–Trinajstić information content (AvgIpc) is 3.33. The van der Waals surface area contributed by atoms with E-state index in [9.17, 15) is 0 Å². The number of hydrazone groups is 1. The van der Waals surface area contributed by atoms with Gasteiger partial charge in [-0.25, -0.2) is 4.98 Å². The number of benzene rings is 2. The second-order valence-corrected chi connectivity index (χ2v) is 8.26. The molecule has 2 aromatic heterocycles. The fourth-order valence-electron chi connectivity index (χ4n) is 2.44. The summed E-state index contributed by atoms with van der Waals surface area (Å²) in [6, 6.07) is 12.2. The van der Waals surface area contributed by atoms with Gasteiger partial charge in [0.1, 0.15) is 11.4 Å². The molecular weight excluding hydrogens is 474 g/mol. The third-order valence-electron chi connectivity index (χ3n) is 3.83. The van der Waals surface area contributed by atoms with Gasteiger partial charge in [-0.1, -0.05) is 57.6 Å². The van der Waals surface area contributed by atoms with Crippen LogP contribution in [0.2, 0.25) is 20.1 Å². The van der Waals surface area contributed by atoms with Crippen LogP contribution in [-0.4, -0.2) is 16.4 Å². The van der Waals surface area contributed by atoms with Crippen LogP contribution in [0.3, 0.4) is 0 Å². The molecule has 0 atom stereocenters. The number of thiazole rings is 1. The van der Waals surface area contributed by atoms with Gasteiger partial charge in [0, 0.05) is 27.6 Å². The van der Waals surface area contributed by atoms with E-state index in [4.69, 9.17) is 50.9 Å². The molecule has 4 aromatic rings. The van der Waals surface area contributed by atoms with Crippen LogP contribution >= 0.6 is 57.7 Å². The predicted octanol–water partition coefficient (Wildman–Crippen LogP) is 7.52. The number of anilines is 1. The standard InChI is InChI=1S/C19H10Cl4N4OS/c20-10-4-5-11(15(23)6-10)16-7-18(28-27-16)17-9-29-19(25-17)26-24-8-12-13(21)2-1-3-14(12)22/h1-9H,(H,25,26). The number of nitrogens with zero attached hydrogens (tertiary/aromatic N) is 3. The summed E-state index contributed by atoms with van der Waals surface area (Å²) in [7, 11) is 0. The van der Waals surface area contributed by atoms with Crippen LogP contribution < -0.4 is 5.43 Å². The minimum atomic E-state index is 0.491. The van der Waals surface area contributed by atoms with E-state index in [1.807, 2.05) is 5.38 Å². The summed E-state index contributed by atoms with van der Waals surface area (Å²) < 4.78 is 5.41. The predicted molar refractivity (Wildman–Crippen MR) is 121 cm³/mol. The summed E-state index contributed by atoms with van der Waals surface area (Å²) in [5.74, 6) is 0.508. The molecule has 2 heterocycles. The van der Waals surface area contributed by atoms with Gasteiger partial charge >= 0.3 is 0 Å².